The zero-order valence-corrected chi connectivity index (χ0v) is 16.7. The van der Waals surface area contributed by atoms with Gasteiger partial charge in [0.1, 0.15) is 11.6 Å². The van der Waals surface area contributed by atoms with Crippen molar-refractivity contribution in [3.8, 4) is 5.75 Å². The van der Waals surface area contributed by atoms with Gasteiger partial charge in [0.05, 0.1) is 23.7 Å². The van der Waals surface area contributed by atoms with E-state index >= 15 is 0 Å². The van der Waals surface area contributed by atoms with Gasteiger partial charge in [0.2, 0.25) is 5.91 Å². The van der Waals surface area contributed by atoms with Crippen molar-refractivity contribution in [3.05, 3.63) is 72.0 Å². The summed E-state index contributed by atoms with van der Waals surface area (Å²) in [5, 5.41) is 3.60. The van der Waals surface area contributed by atoms with Gasteiger partial charge in [-0.15, -0.1) is 0 Å². The van der Waals surface area contributed by atoms with Crippen molar-refractivity contribution in [2.45, 2.75) is 32.4 Å². The van der Waals surface area contributed by atoms with Gasteiger partial charge in [0.15, 0.2) is 0 Å². The van der Waals surface area contributed by atoms with E-state index in [0.717, 1.165) is 42.0 Å². The second-order valence-corrected chi connectivity index (χ2v) is 6.99. The Hall–Kier alpha value is -2.79. The van der Waals surface area contributed by atoms with Crippen molar-refractivity contribution < 1.29 is 9.53 Å². The van der Waals surface area contributed by atoms with Crippen LogP contribution in [0, 0.1) is 0 Å². The van der Waals surface area contributed by atoms with Crippen molar-refractivity contribution in [3.63, 3.8) is 0 Å². The van der Waals surface area contributed by atoms with Gasteiger partial charge in [-0.3, -0.25) is 4.79 Å². The molecule has 1 unspecified atom stereocenters. The lowest BCUT2D eigenvalue weighted by atomic mass is 10.2. The molecule has 0 bridgehead atoms. The topological polar surface area (TPSA) is 56.2 Å². The van der Waals surface area contributed by atoms with Gasteiger partial charge in [-0.25, -0.2) is 4.98 Å². The van der Waals surface area contributed by atoms with E-state index in [1.165, 1.54) is 6.08 Å². The number of carbonyl (C=O) groups is 1. The maximum atomic E-state index is 11.7. The van der Waals surface area contributed by atoms with Crippen LogP contribution in [0.15, 0.2) is 61.2 Å². The molecule has 3 rings (SSSR count). The number of aromatic nitrogens is 2. The number of hydrogen-bond donors (Lipinski definition) is 1. The summed E-state index contributed by atoms with van der Waals surface area (Å²) >= 11 is 5.89. The summed E-state index contributed by atoms with van der Waals surface area (Å²) in [6.07, 6.45) is 3.11. The maximum absolute atomic E-state index is 11.7. The molecule has 1 aromatic heterocycles. The van der Waals surface area contributed by atoms with Gasteiger partial charge < -0.3 is 14.6 Å². The van der Waals surface area contributed by atoms with Crippen LogP contribution in [0.1, 0.15) is 31.6 Å². The predicted octanol–water partition coefficient (Wildman–Crippen LogP) is 4.91. The van der Waals surface area contributed by atoms with E-state index in [0.29, 0.717) is 11.6 Å². The van der Waals surface area contributed by atoms with E-state index in [2.05, 4.69) is 22.5 Å². The van der Waals surface area contributed by atoms with Gasteiger partial charge in [-0.1, -0.05) is 30.3 Å². The predicted molar refractivity (Wildman–Crippen MR) is 113 cm³/mol. The molecular weight excluding hydrogens is 374 g/mol. The Morgan fingerprint density at radius 1 is 1.25 bits per heavy atom. The fourth-order valence-corrected chi connectivity index (χ4v) is 3.22. The number of ether oxygens (including phenoxy) is 1. The van der Waals surface area contributed by atoms with Crippen LogP contribution in [0.2, 0.25) is 5.02 Å². The van der Waals surface area contributed by atoms with Crippen molar-refractivity contribution in [1.82, 2.24) is 14.9 Å². The average molecular weight is 398 g/mol. The first kappa shape index (κ1) is 20.0. The first-order valence-electron chi connectivity index (χ1n) is 9.35. The molecule has 0 radical (unpaired) electrons. The molecule has 0 saturated carbocycles. The highest BCUT2D eigenvalue weighted by atomic mass is 35.5. The zero-order chi connectivity index (χ0) is 19.9. The largest absolute Gasteiger partial charge is 0.494 e. The molecule has 3 aromatic rings. The third-order valence-electron chi connectivity index (χ3n) is 4.47. The SMILES string of the molecule is C=CC(=O)NC(C)c1nc2ccccc2n1CCCCOc1ccc(Cl)cc1. The number of amides is 1. The number of aryl methyl sites for hydroxylation is 1. The lowest BCUT2D eigenvalue weighted by Crippen LogP contribution is -2.27. The molecule has 0 aliphatic carbocycles. The molecular formula is C22H24ClN3O2. The van der Waals surface area contributed by atoms with E-state index < -0.39 is 0 Å². The molecule has 0 aliphatic heterocycles. The normalized spacial score (nSPS) is 11.9. The van der Waals surface area contributed by atoms with Crippen molar-refractivity contribution in [2.75, 3.05) is 6.61 Å². The lowest BCUT2D eigenvalue weighted by Gasteiger charge is -2.15. The molecule has 146 valence electrons. The summed E-state index contributed by atoms with van der Waals surface area (Å²) < 4.78 is 7.93. The summed E-state index contributed by atoms with van der Waals surface area (Å²) in [7, 11) is 0. The molecule has 0 saturated heterocycles. The quantitative estimate of drug-likeness (QED) is 0.412. The Morgan fingerprint density at radius 2 is 2.00 bits per heavy atom. The summed E-state index contributed by atoms with van der Waals surface area (Å²) in [4.78, 5) is 16.4. The number of carbonyl (C=O) groups excluding carboxylic acids is 1. The van der Waals surface area contributed by atoms with Gasteiger partial charge in [0.25, 0.3) is 0 Å². The fraction of sp³-hybridized carbons (Fsp3) is 0.273. The number of nitrogens with one attached hydrogen (secondary N) is 1. The second-order valence-electron chi connectivity index (χ2n) is 6.55. The first-order chi connectivity index (χ1) is 13.6. The first-order valence-corrected chi connectivity index (χ1v) is 9.72. The Bertz CT molecular complexity index is 950. The summed E-state index contributed by atoms with van der Waals surface area (Å²) in [5.41, 5.74) is 1.99. The zero-order valence-electron chi connectivity index (χ0n) is 15.9. The molecule has 0 fully saturated rings. The van der Waals surface area contributed by atoms with Crippen molar-refractivity contribution in [2.24, 2.45) is 0 Å². The third-order valence-corrected chi connectivity index (χ3v) is 4.73. The van der Waals surface area contributed by atoms with Crippen molar-refractivity contribution in [1.29, 1.82) is 0 Å². The number of imidazole rings is 1. The van der Waals surface area contributed by atoms with Crippen LogP contribution in [0.5, 0.6) is 5.75 Å². The van der Waals surface area contributed by atoms with Crippen LogP contribution in [-0.2, 0) is 11.3 Å². The summed E-state index contributed by atoms with van der Waals surface area (Å²) in [6, 6.07) is 15.2. The Balaban J connectivity index is 1.64. The highest BCUT2D eigenvalue weighted by Gasteiger charge is 2.17. The molecule has 1 atom stereocenters. The molecule has 28 heavy (non-hydrogen) atoms. The fourth-order valence-electron chi connectivity index (χ4n) is 3.09. The molecule has 6 heteroatoms. The van der Waals surface area contributed by atoms with Crippen LogP contribution < -0.4 is 10.1 Å². The van der Waals surface area contributed by atoms with E-state index in [9.17, 15) is 4.79 Å². The smallest absolute Gasteiger partial charge is 0.243 e. The highest BCUT2D eigenvalue weighted by molar-refractivity contribution is 6.30. The Morgan fingerprint density at radius 3 is 2.75 bits per heavy atom. The molecule has 1 heterocycles. The Kier molecular flexibility index (Phi) is 6.71. The Labute approximate surface area is 170 Å². The number of halogens is 1. The standard InChI is InChI=1S/C22H24ClN3O2/c1-3-21(27)24-16(2)22-25-19-8-4-5-9-20(19)26(22)14-6-7-15-28-18-12-10-17(23)11-13-18/h3-5,8-13,16H,1,6-7,14-15H2,2H3,(H,24,27). The molecule has 5 nitrogen and oxygen atoms in total. The van der Waals surface area contributed by atoms with E-state index in [4.69, 9.17) is 21.3 Å². The number of fused-ring (bicyclic) bond motifs is 1. The molecule has 2 aromatic carbocycles. The van der Waals surface area contributed by atoms with E-state index in [1.807, 2.05) is 49.4 Å². The van der Waals surface area contributed by atoms with Crippen LogP contribution in [0.3, 0.4) is 0 Å². The van der Waals surface area contributed by atoms with Crippen LogP contribution in [-0.4, -0.2) is 22.1 Å². The number of nitrogens with zero attached hydrogens (tertiary/aromatic N) is 2. The van der Waals surface area contributed by atoms with Gasteiger partial charge >= 0.3 is 0 Å². The second kappa shape index (κ2) is 9.42. The van der Waals surface area contributed by atoms with Crippen LogP contribution >= 0.6 is 11.6 Å². The van der Waals surface area contributed by atoms with E-state index in [-0.39, 0.29) is 11.9 Å². The van der Waals surface area contributed by atoms with Crippen LogP contribution in [0.25, 0.3) is 11.0 Å². The minimum Gasteiger partial charge on any atom is -0.494 e. The molecule has 0 spiro atoms. The van der Waals surface area contributed by atoms with Gasteiger partial charge in [0, 0.05) is 11.6 Å². The lowest BCUT2D eigenvalue weighted by molar-refractivity contribution is -0.117. The number of unbranched alkanes of at least 4 members (excludes halogenated alkanes) is 1. The minimum absolute atomic E-state index is 0.205. The third kappa shape index (κ3) is 4.93. The average Bonchev–Trinajstić information content (AvgIpc) is 3.08. The van der Waals surface area contributed by atoms with Crippen LogP contribution in [0.4, 0.5) is 0 Å². The summed E-state index contributed by atoms with van der Waals surface area (Å²) in [6.45, 7) is 6.88. The number of hydrogen-bond acceptors (Lipinski definition) is 3. The van der Waals surface area contributed by atoms with Gasteiger partial charge in [-0.05, 0) is 62.2 Å². The molecule has 1 N–H and O–H groups in total. The van der Waals surface area contributed by atoms with Gasteiger partial charge in [-0.2, -0.15) is 0 Å². The number of benzene rings is 2. The maximum Gasteiger partial charge on any atom is 0.243 e. The monoisotopic (exact) mass is 397 g/mol. The highest BCUT2D eigenvalue weighted by Crippen LogP contribution is 2.22. The van der Waals surface area contributed by atoms with Crippen molar-refractivity contribution >= 4 is 28.5 Å². The number of para-hydroxylation sites is 2. The minimum atomic E-state index is -0.206. The molecule has 0 aliphatic rings. The summed E-state index contributed by atoms with van der Waals surface area (Å²) in [5.74, 6) is 1.46. The van der Waals surface area contributed by atoms with E-state index in [1.54, 1.807) is 0 Å². The molecule has 1 amide bonds. The number of rotatable bonds is 9.